The highest BCUT2D eigenvalue weighted by Gasteiger charge is 2.42. The van der Waals surface area contributed by atoms with Crippen LogP contribution in [0.4, 0.5) is 4.79 Å². The molecule has 0 saturated carbocycles. The van der Waals surface area contributed by atoms with E-state index >= 15 is 0 Å². The largest absolute Gasteiger partial charge is 0.370 e. The summed E-state index contributed by atoms with van der Waals surface area (Å²) in [6, 6.07) is 21.3. The van der Waals surface area contributed by atoms with Gasteiger partial charge in [-0.3, -0.25) is 4.79 Å². The smallest absolute Gasteiger partial charge is 0.320 e. The molecular formula is C25H28N2O3. The van der Waals surface area contributed by atoms with E-state index < -0.39 is 0 Å². The lowest BCUT2D eigenvalue weighted by atomic mass is 9.77. The molecule has 30 heavy (non-hydrogen) atoms. The molecule has 0 radical (unpaired) electrons. The first-order valence-electron chi connectivity index (χ1n) is 11.0. The summed E-state index contributed by atoms with van der Waals surface area (Å²) in [4.78, 5) is 28.7. The summed E-state index contributed by atoms with van der Waals surface area (Å²) >= 11 is 0. The van der Waals surface area contributed by atoms with Crippen LogP contribution in [0.25, 0.3) is 0 Å². The number of Topliss-reactive ketones (excluding diaryl/α,β-unsaturated/α-hetero) is 1. The first kappa shape index (κ1) is 19.3. The summed E-state index contributed by atoms with van der Waals surface area (Å²) in [5, 5.41) is 0. The highest BCUT2D eigenvalue weighted by Crippen LogP contribution is 2.38. The molecule has 0 unspecified atom stereocenters. The minimum atomic E-state index is 0.114. The molecule has 3 fully saturated rings. The van der Waals surface area contributed by atoms with E-state index in [0.29, 0.717) is 24.8 Å². The Hall–Kier alpha value is -2.66. The van der Waals surface area contributed by atoms with E-state index in [1.165, 1.54) is 11.1 Å². The van der Waals surface area contributed by atoms with Gasteiger partial charge in [-0.1, -0.05) is 60.7 Å². The lowest BCUT2D eigenvalue weighted by Gasteiger charge is -2.48. The summed E-state index contributed by atoms with van der Waals surface area (Å²) in [5.74, 6) is 1.02. The molecule has 0 aliphatic carbocycles. The second-order valence-corrected chi connectivity index (χ2v) is 8.83. The highest BCUT2D eigenvalue weighted by molar-refractivity contribution is 5.81. The number of carbonyl (C=O) groups is 2. The lowest BCUT2D eigenvalue weighted by molar-refractivity contribution is -0.140. The molecule has 0 bridgehead atoms. The molecule has 2 aromatic rings. The predicted molar refractivity (Wildman–Crippen MR) is 114 cm³/mol. The molecule has 3 aliphatic heterocycles. The van der Waals surface area contributed by atoms with Gasteiger partial charge in [0.2, 0.25) is 0 Å². The molecule has 156 valence electrons. The molecule has 5 nitrogen and oxygen atoms in total. The zero-order chi connectivity index (χ0) is 20.5. The van der Waals surface area contributed by atoms with Crippen LogP contribution >= 0.6 is 0 Å². The van der Waals surface area contributed by atoms with Crippen LogP contribution in [-0.2, 0) is 9.53 Å². The van der Waals surface area contributed by atoms with Crippen molar-refractivity contribution in [3.63, 3.8) is 0 Å². The van der Waals surface area contributed by atoms with Crippen molar-refractivity contribution in [3.05, 3.63) is 71.8 Å². The molecule has 3 saturated heterocycles. The number of hydrogen-bond donors (Lipinski definition) is 0. The van der Waals surface area contributed by atoms with E-state index in [0.717, 1.165) is 26.1 Å². The van der Waals surface area contributed by atoms with Crippen molar-refractivity contribution >= 4 is 11.8 Å². The van der Waals surface area contributed by atoms with Gasteiger partial charge in [0, 0.05) is 50.4 Å². The normalized spacial score (nSPS) is 24.5. The van der Waals surface area contributed by atoms with E-state index in [2.05, 4.69) is 48.5 Å². The van der Waals surface area contributed by atoms with Crippen molar-refractivity contribution in [1.82, 2.24) is 9.80 Å². The molecule has 3 aliphatic rings. The molecule has 0 spiro atoms. The molecule has 0 N–H and O–H groups in total. The zero-order valence-corrected chi connectivity index (χ0v) is 17.2. The van der Waals surface area contributed by atoms with Crippen LogP contribution in [0.3, 0.4) is 0 Å². The fraction of sp³-hybridized carbons (Fsp3) is 0.440. The average molecular weight is 405 g/mol. The number of ether oxygens (including phenoxy) is 1. The maximum atomic E-state index is 13.1. The standard InChI is InChI=1S/C25H28N2O3/c28-22-13-20-14-26(12-11-23(20)30-17-22)25(29)27-15-21(16-27)24(18-7-3-1-4-8-18)19-9-5-2-6-10-19/h1-10,20-21,23-24H,11-17H2/t20-,23+/m1/s1. The van der Waals surface area contributed by atoms with E-state index in [-0.39, 0.29) is 30.4 Å². The van der Waals surface area contributed by atoms with Crippen molar-refractivity contribution in [3.8, 4) is 0 Å². The Morgan fingerprint density at radius 1 is 0.900 bits per heavy atom. The Labute approximate surface area is 177 Å². The lowest BCUT2D eigenvalue weighted by Crippen LogP contribution is -2.59. The molecule has 5 heteroatoms. The predicted octanol–water partition coefficient (Wildman–Crippen LogP) is 3.55. The Morgan fingerprint density at radius 2 is 1.53 bits per heavy atom. The monoisotopic (exact) mass is 404 g/mol. The summed E-state index contributed by atoms with van der Waals surface area (Å²) in [6.45, 7) is 3.14. The number of urea groups is 1. The number of rotatable bonds is 3. The first-order valence-corrected chi connectivity index (χ1v) is 11.0. The quantitative estimate of drug-likeness (QED) is 0.786. The number of piperidine rings is 1. The fourth-order valence-corrected chi connectivity index (χ4v) is 5.29. The fourth-order valence-electron chi connectivity index (χ4n) is 5.29. The van der Waals surface area contributed by atoms with Crippen LogP contribution in [0.5, 0.6) is 0 Å². The third-order valence-corrected chi connectivity index (χ3v) is 6.85. The van der Waals surface area contributed by atoms with Gasteiger partial charge in [-0.25, -0.2) is 4.79 Å². The third kappa shape index (κ3) is 3.74. The summed E-state index contributed by atoms with van der Waals surface area (Å²) < 4.78 is 5.67. The Kier molecular flexibility index (Phi) is 5.30. The number of amides is 2. The van der Waals surface area contributed by atoms with Crippen LogP contribution in [0.15, 0.2) is 60.7 Å². The number of ketones is 1. The number of nitrogens with zero attached hydrogens (tertiary/aromatic N) is 2. The van der Waals surface area contributed by atoms with Gasteiger partial charge in [0.25, 0.3) is 0 Å². The second-order valence-electron chi connectivity index (χ2n) is 8.83. The maximum Gasteiger partial charge on any atom is 0.320 e. The van der Waals surface area contributed by atoms with Crippen molar-refractivity contribution in [2.45, 2.75) is 24.9 Å². The first-order chi connectivity index (χ1) is 14.7. The summed E-state index contributed by atoms with van der Waals surface area (Å²) in [7, 11) is 0. The van der Waals surface area contributed by atoms with Crippen molar-refractivity contribution in [1.29, 1.82) is 0 Å². The second kappa shape index (κ2) is 8.23. The number of likely N-dealkylation sites (tertiary alicyclic amines) is 2. The third-order valence-electron chi connectivity index (χ3n) is 6.85. The summed E-state index contributed by atoms with van der Waals surface area (Å²) in [5.41, 5.74) is 2.61. The van der Waals surface area contributed by atoms with E-state index in [9.17, 15) is 9.59 Å². The van der Waals surface area contributed by atoms with Gasteiger partial charge in [-0.2, -0.15) is 0 Å². The van der Waals surface area contributed by atoms with Crippen molar-refractivity contribution in [2.75, 3.05) is 32.8 Å². The maximum absolute atomic E-state index is 13.1. The van der Waals surface area contributed by atoms with E-state index in [4.69, 9.17) is 4.74 Å². The molecule has 0 aromatic heterocycles. The minimum absolute atomic E-state index is 0.114. The zero-order valence-electron chi connectivity index (χ0n) is 17.2. The van der Waals surface area contributed by atoms with Gasteiger partial charge >= 0.3 is 6.03 Å². The Morgan fingerprint density at radius 3 is 2.17 bits per heavy atom. The van der Waals surface area contributed by atoms with Crippen molar-refractivity contribution in [2.24, 2.45) is 11.8 Å². The number of benzene rings is 2. The molecular weight excluding hydrogens is 376 g/mol. The minimum Gasteiger partial charge on any atom is -0.370 e. The van der Waals surface area contributed by atoms with Crippen LogP contribution in [0.1, 0.15) is 29.9 Å². The van der Waals surface area contributed by atoms with Crippen molar-refractivity contribution < 1.29 is 14.3 Å². The Balaban J connectivity index is 1.25. The van der Waals surface area contributed by atoms with Crippen LogP contribution in [-0.4, -0.2) is 60.5 Å². The number of hydrogen-bond acceptors (Lipinski definition) is 3. The molecule has 5 rings (SSSR count). The van der Waals surface area contributed by atoms with Gasteiger partial charge in [-0.15, -0.1) is 0 Å². The Bertz CT molecular complexity index is 856. The van der Waals surface area contributed by atoms with Crippen LogP contribution in [0, 0.1) is 11.8 Å². The van der Waals surface area contributed by atoms with Gasteiger partial charge in [0.15, 0.2) is 5.78 Å². The topological polar surface area (TPSA) is 49.9 Å². The van der Waals surface area contributed by atoms with E-state index in [1.807, 2.05) is 21.9 Å². The van der Waals surface area contributed by atoms with Gasteiger partial charge in [0.05, 0.1) is 6.10 Å². The van der Waals surface area contributed by atoms with Gasteiger partial charge < -0.3 is 14.5 Å². The SMILES string of the molecule is O=C1CO[C@H]2CCN(C(=O)N3CC(C(c4ccccc4)c4ccccc4)C3)C[C@H]2C1. The van der Waals surface area contributed by atoms with Gasteiger partial charge in [0.1, 0.15) is 6.61 Å². The van der Waals surface area contributed by atoms with Crippen LogP contribution in [0.2, 0.25) is 0 Å². The molecule has 3 heterocycles. The molecule has 2 amide bonds. The number of fused-ring (bicyclic) bond motifs is 1. The highest BCUT2D eigenvalue weighted by atomic mass is 16.5. The number of carbonyl (C=O) groups excluding carboxylic acids is 2. The average Bonchev–Trinajstić information content (AvgIpc) is 2.76. The molecule has 2 atom stereocenters. The van der Waals surface area contributed by atoms with Gasteiger partial charge in [-0.05, 0) is 17.5 Å². The van der Waals surface area contributed by atoms with Crippen LogP contribution < -0.4 is 0 Å². The molecule has 2 aromatic carbocycles. The van der Waals surface area contributed by atoms with E-state index in [1.54, 1.807) is 0 Å². The summed E-state index contributed by atoms with van der Waals surface area (Å²) in [6.07, 6.45) is 1.51.